The fourth-order valence-corrected chi connectivity index (χ4v) is 2.21. The number of nitrogens with one attached hydrogen (secondary N) is 2. The fraction of sp³-hybridized carbons (Fsp3) is 0.455. The van der Waals surface area contributed by atoms with E-state index < -0.39 is 22.9 Å². The molecule has 1 aromatic rings. The molecule has 0 aliphatic carbocycles. The van der Waals surface area contributed by atoms with Gasteiger partial charge in [0.05, 0.1) is 0 Å². The molecule has 0 saturated heterocycles. The minimum absolute atomic E-state index is 0.0872. The molecule has 0 spiro atoms. The summed E-state index contributed by atoms with van der Waals surface area (Å²) in [6.07, 6.45) is -3.88. The Kier molecular flexibility index (Phi) is 5.93. The van der Waals surface area contributed by atoms with Crippen LogP contribution in [0.1, 0.15) is 11.1 Å². The molecule has 0 heterocycles. The molecule has 0 aliphatic rings. The minimum atomic E-state index is -4.58. The van der Waals surface area contributed by atoms with Crippen molar-refractivity contribution in [3.63, 3.8) is 0 Å². The second-order valence-electron chi connectivity index (χ2n) is 4.12. The maximum atomic E-state index is 11.9. The number of halogens is 3. The molecule has 0 bridgehead atoms. The van der Waals surface area contributed by atoms with Crippen LogP contribution in [0.5, 0.6) is 0 Å². The molecule has 0 saturated carbocycles. The van der Waals surface area contributed by atoms with Crippen molar-refractivity contribution in [3.05, 3.63) is 35.4 Å². The van der Waals surface area contributed by atoms with Gasteiger partial charge in [0.15, 0.2) is 0 Å². The van der Waals surface area contributed by atoms with Gasteiger partial charge in [-0.15, -0.1) is 0 Å². The largest absolute Gasteiger partial charge is 0.402 e. The van der Waals surface area contributed by atoms with E-state index in [0.29, 0.717) is 18.5 Å². The van der Waals surface area contributed by atoms with E-state index in [1.807, 2.05) is 4.72 Å². The average Bonchev–Trinajstić information content (AvgIpc) is 2.36. The molecule has 1 rings (SSSR count). The summed E-state index contributed by atoms with van der Waals surface area (Å²) in [5.74, 6) is 0. The first kappa shape index (κ1) is 16.9. The SMILES string of the molecule is NCCc1ccc(CNS(=O)(=O)NCC(F)(F)F)cc1. The van der Waals surface area contributed by atoms with Gasteiger partial charge in [0.2, 0.25) is 0 Å². The molecular weight excluding hydrogens is 295 g/mol. The normalized spacial score (nSPS) is 12.6. The third kappa shape index (κ3) is 6.85. The van der Waals surface area contributed by atoms with Crippen LogP contribution in [0.25, 0.3) is 0 Å². The monoisotopic (exact) mass is 311 g/mol. The molecule has 4 N–H and O–H groups in total. The van der Waals surface area contributed by atoms with Gasteiger partial charge in [0.1, 0.15) is 6.54 Å². The Labute approximate surface area is 115 Å². The zero-order chi connectivity index (χ0) is 15.2. The van der Waals surface area contributed by atoms with E-state index in [2.05, 4.69) is 0 Å². The molecule has 0 aromatic heterocycles. The first-order valence-corrected chi connectivity index (χ1v) is 7.29. The minimum Gasteiger partial charge on any atom is -0.330 e. The zero-order valence-electron chi connectivity index (χ0n) is 10.6. The van der Waals surface area contributed by atoms with Crippen LogP contribution in [0.4, 0.5) is 13.2 Å². The number of rotatable bonds is 7. The quantitative estimate of drug-likeness (QED) is 0.692. The smallest absolute Gasteiger partial charge is 0.330 e. The Bertz CT molecular complexity index is 515. The van der Waals surface area contributed by atoms with Crippen molar-refractivity contribution in [2.45, 2.75) is 19.1 Å². The number of hydrogen-bond acceptors (Lipinski definition) is 3. The fourth-order valence-electron chi connectivity index (χ4n) is 1.40. The summed E-state index contributed by atoms with van der Waals surface area (Å²) in [4.78, 5) is 0. The van der Waals surface area contributed by atoms with E-state index >= 15 is 0 Å². The standard InChI is InChI=1S/C11H16F3N3O2S/c12-11(13,14)8-17-20(18,19)16-7-10-3-1-9(2-4-10)5-6-15/h1-4,16-17H,5-8,15H2. The number of benzene rings is 1. The highest BCUT2D eigenvalue weighted by Gasteiger charge is 2.29. The number of nitrogens with two attached hydrogens (primary N) is 1. The van der Waals surface area contributed by atoms with Crippen molar-refractivity contribution < 1.29 is 21.6 Å². The second kappa shape index (κ2) is 7.02. The van der Waals surface area contributed by atoms with Crippen LogP contribution >= 0.6 is 0 Å². The Hall–Kier alpha value is -1.16. The lowest BCUT2D eigenvalue weighted by Crippen LogP contribution is -2.41. The van der Waals surface area contributed by atoms with E-state index in [0.717, 1.165) is 5.56 Å². The van der Waals surface area contributed by atoms with Crippen LogP contribution < -0.4 is 15.2 Å². The van der Waals surface area contributed by atoms with Gasteiger partial charge in [-0.05, 0) is 24.1 Å². The molecule has 0 amide bonds. The van der Waals surface area contributed by atoms with Gasteiger partial charge in [-0.2, -0.15) is 31.0 Å². The van der Waals surface area contributed by atoms with Gasteiger partial charge in [-0.3, -0.25) is 0 Å². The summed E-state index contributed by atoms with van der Waals surface area (Å²) in [7, 11) is -4.17. The van der Waals surface area contributed by atoms with Crippen molar-refractivity contribution in [2.24, 2.45) is 5.73 Å². The third-order valence-electron chi connectivity index (χ3n) is 2.38. The van der Waals surface area contributed by atoms with Gasteiger partial charge in [-0.1, -0.05) is 24.3 Å². The van der Waals surface area contributed by atoms with Crippen molar-refractivity contribution in [3.8, 4) is 0 Å². The number of hydrogen-bond donors (Lipinski definition) is 3. The van der Waals surface area contributed by atoms with Gasteiger partial charge < -0.3 is 5.73 Å². The first-order chi connectivity index (χ1) is 9.22. The predicted octanol–water partition coefficient (Wildman–Crippen LogP) is 0.674. The van der Waals surface area contributed by atoms with Crippen LogP contribution in [0.2, 0.25) is 0 Å². The summed E-state index contributed by atoms with van der Waals surface area (Å²) in [5, 5.41) is 0. The molecule has 20 heavy (non-hydrogen) atoms. The Morgan fingerprint density at radius 2 is 1.60 bits per heavy atom. The van der Waals surface area contributed by atoms with Crippen molar-refractivity contribution in [1.29, 1.82) is 0 Å². The molecule has 1 aromatic carbocycles. The molecular formula is C11H16F3N3O2S. The summed E-state index contributed by atoms with van der Waals surface area (Å²) >= 11 is 0. The Morgan fingerprint density at radius 3 is 2.10 bits per heavy atom. The highest BCUT2D eigenvalue weighted by Crippen LogP contribution is 2.12. The lowest BCUT2D eigenvalue weighted by Gasteiger charge is -2.10. The van der Waals surface area contributed by atoms with E-state index in [1.165, 1.54) is 4.72 Å². The highest BCUT2D eigenvalue weighted by atomic mass is 32.2. The maximum Gasteiger partial charge on any atom is 0.402 e. The van der Waals surface area contributed by atoms with Crippen molar-refractivity contribution in [1.82, 2.24) is 9.44 Å². The second-order valence-corrected chi connectivity index (χ2v) is 5.70. The summed E-state index contributed by atoms with van der Waals surface area (Å²) in [5.41, 5.74) is 7.04. The van der Waals surface area contributed by atoms with Gasteiger partial charge >= 0.3 is 6.18 Å². The van der Waals surface area contributed by atoms with Crippen LogP contribution in [0.3, 0.4) is 0 Å². The van der Waals surface area contributed by atoms with Crippen molar-refractivity contribution >= 4 is 10.2 Å². The van der Waals surface area contributed by atoms with Gasteiger partial charge in [0, 0.05) is 6.54 Å². The molecule has 0 aliphatic heterocycles. The van der Waals surface area contributed by atoms with Crippen LogP contribution in [0.15, 0.2) is 24.3 Å². The third-order valence-corrected chi connectivity index (χ3v) is 3.43. The van der Waals surface area contributed by atoms with Gasteiger partial charge in [0.25, 0.3) is 10.2 Å². The zero-order valence-corrected chi connectivity index (χ0v) is 11.4. The van der Waals surface area contributed by atoms with Crippen LogP contribution in [-0.2, 0) is 23.2 Å². The number of alkyl halides is 3. The molecule has 0 unspecified atom stereocenters. The van der Waals surface area contributed by atoms with Crippen molar-refractivity contribution in [2.75, 3.05) is 13.1 Å². The Morgan fingerprint density at radius 1 is 1.05 bits per heavy atom. The van der Waals surface area contributed by atoms with Crippen LogP contribution in [-0.4, -0.2) is 27.7 Å². The Balaban J connectivity index is 2.49. The van der Waals surface area contributed by atoms with E-state index in [9.17, 15) is 21.6 Å². The lowest BCUT2D eigenvalue weighted by atomic mass is 10.1. The van der Waals surface area contributed by atoms with E-state index in [-0.39, 0.29) is 6.54 Å². The van der Waals surface area contributed by atoms with E-state index in [1.54, 1.807) is 24.3 Å². The maximum absolute atomic E-state index is 11.9. The van der Waals surface area contributed by atoms with Crippen LogP contribution in [0, 0.1) is 0 Å². The topological polar surface area (TPSA) is 84.2 Å². The summed E-state index contributed by atoms with van der Waals surface area (Å²) in [6, 6.07) is 6.97. The molecule has 0 atom stereocenters. The predicted molar refractivity (Wildman–Crippen MR) is 69.0 cm³/mol. The van der Waals surface area contributed by atoms with E-state index in [4.69, 9.17) is 5.73 Å². The lowest BCUT2D eigenvalue weighted by molar-refractivity contribution is -0.121. The molecule has 5 nitrogen and oxygen atoms in total. The van der Waals surface area contributed by atoms with Gasteiger partial charge in [-0.25, -0.2) is 0 Å². The molecule has 114 valence electrons. The average molecular weight is 311 g/mol. The molecule has 0 radical (unpaired) electrons. The molecule has 9 heteroatoms. The highest BCUT2D eigenvalue weighted by molar-refractivity contribution is 7.87. The first-order valence-electron chi connectivity index (χ1n) is 5.81. The molecule has 0 fully saturated rings. The summed E-state index contributed by atoms with van der Waals surface area (Å²) < 4.78 is 61.7. The summed E-state index contributed by atoms with van der Waals surface area (Å²) in [6.45, 7) is -1.18.